The Morgan fingerprint density at radius 1 is 0.941 bits per heavy atom. The molecule has 34 heavy (non-hydrogen) atoms. The Morgan fingerprint density at radius 2 is 1.59 bits per heavy atom. The molecule has 10 heteroatoms. The monoisotopic (exact) mass is 500 g/mol. The lowest BCUT2D eigenvalue weighted by Gasteiger charge is -2.13. The van der Waals surface area contributed by atoms with Crippen molar-refractivity contribution < 1.29 is 29.0 Å². The summed E-state index contributed by atoms with van der Waals surface area (Å²) < 4.78 is 10.5. The highest BCUT2D eigenvalue weighted by Gasteiger charge is 2.18. The smallest absolute Gasteiger partial charge is 0.335 e. The van der Waals surface area contributed by atoms with Crippen LogP contribution in [0.2, 0.25) is 5.02 Å². The zero-order valence-corrected chi connectivity index (χ0v) is 19.8. The van der Waals surface area contributed by atoms with E-state index in [0.29, 0.717) is 17.2 Å². The minimum Gasteiger partial charge on any atom is -0.496 e. The van der Waals surface area contributed by atoms with Gasteiger partial charge < -0.3 is 25.2 Å². The topological polar surface area (TPSA) is 114 Å². The number of carbonyl (C=O) groups excluding carboxylic acids is 2. The van der Waals surface area contributed by atoms with Gasteiger partial charge in [-0.15, -0.1) is 11.8 Å². The fraction of sp³-hybridized carbons (Fsp3) is 0.125. The fourth-order valence-corrected chi connectivity index (χ4v) is 3.86. The molecular weight excluding hydrogens is 480 g/mol. The second kappa shape index (κ2) is 11.4. The number of anilines is 2. The van der Waals surface area contributed by atoms with Gasteiger partial charge in [-0.2, -0.15) is 0 Å². The summed E-state index contributed by atoms with van der Waals surface area (Å²) in [5.74, 6) is -0.965. The van der Waals surface area contributed by atoms with Gasteiger partial charge in [-0.1, -0.05) is 17.7 Å². The maximum Gasteiger partial charge on any atom is 0.335 e. The zero-order chi connectivity index (χ0) is 24.7. The third kappa shape index (κ3) is 6.21. The normalized spacial score (nSPS) is 10.3. The van der Waals surface area contributed by atoms with Gasteiger partial charge in [0.25, 0.3) is 5.91 Å². The summed E-state index contributed by atoms with van der Waals surface area (Å²) in [6.45, 7) is 0. The number of nitrogens with one attached hydrogen (secondary N) is 2. The Labute approximate surface area is 205 Å². The lowest BCUT2D eigenvalue weighted by molar-refractivity contribution is -0.113. The van der Waals surface area contributed by atoms with Crippen LogP contribution in [0.4, 0.5) is 11.4 Å². The lowest BCUT2D eigenvalue weighted by Crippen LogP contribution is -2.15. The maximum atomic E-state index is 12.8. The Hall–Kier alpha value is -3.69. The van der Waals surface area contributed by atoms with E-state index in [1.54, 1.807) is 42.5 Å². The van der Waals surface area contributed by atoms with Gasteiger partial charge in [-0.25, -0.2) is 4.79 Å². The minimum atomic E-state index is -1.11. The van der Waals surface area contributed by atoms with E-state index in [1.165, 1.54) is 44.2 Å². The van der Waals surface area contributed by atoms with E-state index in [9.17, 15) is 14.4 Å². The van der Waals surface area contributed by atoms with Crippen molar-refractivity contribution in [2.24, 2.45) is 0 Å². The lowest BCUT2D eigenvalue weighted by atomic mass is 10.1. The third-order valence-corrected chi connectivity index (χ3v) is 5.97. The molecule has 0 heterocycles. The molecule has 2 amide bonds. The number of aromatic carboxylic acids is 1. The van der Waals surface area contributed by atoms with Crippen LogP contribution in [0.25, 0.3) is 0 Å². The molecule has 0 aliphatic rings. The summed E-state index contributed by atoms with van der Waals surface area (Å²) in [7, 11) is 2.95. The molecule has 0 fully saturated rings. The predicted molar refractivity (Wildman–Crippen MR) is 132 cm³/mol. The van der Waals surface area contributed by atoms with E-state index in [4.69, 9.17) is 26.2 Å². The Kier molecular flexibility index (Phi) is 8.39. The molecule has 0 atom stereocenters. The average molecular weight is 501 g/mol. The van der Waals surface area contributed by atoms with Gasteiger partial charge in [-0.05, 0) is 54.6 Å². The van der Waals surface area contributed by atoms with Crippen LogP contribution in [0.5, 0.6) is 11.5 Å². The van der Waals surface area contributed by atoms with E-state index in [1.807, 2.05) is 0 Å². The van der Waals surface area contributed by atoms with Crippen molar-refractivity contribution in [2.45, 2.75) is 4.90 Å². The molecule has 0 aliphatic heterocycles. The molecule has 3 aromatic rings. The first-order valence-electron chi connectivity index (χ1n) is 9.90. The summed E-state index contributed by atoms with van der Waals surface area (Å²) in [5.41, 5.74) is 1.10. The van der Waals surface area contributed by atoms with Crippen molar-refractivity contribution in [1.29, 1.82) is 0 Å². The first-order chi connectivity index (χ1) is 16.3. The number of carboxylic acids is 1. The number of ether oxygens (including phenoxy) is 2. The second-order valence-electron chi connectivity index (χ2n) is 6.85. The van der Waals surface area contributed by atoms with Crippen molar-refractivity contribution in [3.8, 4) is 11.5 Å². The summed E-state index contributed by atoms with van der Waals surface area (Å²) in [4.78, 5) is 37.0. The Morgan fingerprint density at radius 3 is 2.18 bits per heavy atom. The molecule has 0 saturated carbocycles. The molecule has 8 nitrogen and oxygen atoms in total. The van der Waals surface area contributed by atoms with Crippen LogP contribution in [0.1, 0.15) is 20.7 Å². The molecular formula is C24H21ClN2O6S. The van der Waals surface area contributed by atoms with Crippen LogP contribution < -0.4 is 20.1 Å². The quantitative estimate of drug-likeness (QED) is 0.353. The second-order valence-corrected chi connectivity index (χ2v) is 8.31. The number of methoxy groups -OCH3 is 2. The van der Waals surface area contributed by atoms with Gasteiger partial charge in [0.1, 0.15) is 17.1 Å². The van der Waals surface area contributed by atoms with Crippen molar-refractivity contribution in [3.63, 3.8) is 0 Å². The SMILES string of the molecule is COc1cccc(OC)c1C(=O)Nc1ccc(SCC(=O)Nc2cc(C(=O)O)ccc2Cl)cc1. The predicted octanol–water partition coefficient (Wildman–Crippen LogP) is 5.04. The molecule has 3 aromatic carbocycles. The van der Waals surface area contributed by atoms with Crippen LogP contribution in [0.15, 0.2) is 65.6 Å². The van der Waals surface area contributed by atoms with Gasteiger partial charge >= 0.3 is 5.97 Å². The van der Waals surface area contributed by atoms with Crippen LogP contribution in [0.3, 0.4) is 0 Å². The largest absolute Gasteiger partial charge is 0.496 e. The first-order valence-corrected chi connectivity index (χ1v) is 11.3. The van der Waals surface area contributed by atoms with Crippen LogP contribution >= 0.6 is 23.4 Å². The standard InChI is InChI=1S/C24H21ClN2O6S/c1-32-19-4-3-5-20(33-2)22(19)23(29)26-15-7-9-16(10-8-15)34-13-21(28)27-18-12-14(24(30)31)6-11-17(18)25/h3-12H,13H2,1-2H3,(H,26,29)(H,27,28)(H,30,31). The molecule has 3 rings (SSSR count). The molecule has 0 spiro atoms. The number of rotatable bonds is 9. The van der Waals surface area contributed by atoms with Gasteiger partial charge in [-0.3, -0.25) is 9.59 Å². The number of carboxylic acid groups (broad SMARTS) is 1. The van der Waals surface area contributed by atoms with E-state index in [0.717, 1.165) is 4.90 Å². The Balaban J connectivity index is 1.60. The summed E-state index contributed by atoms with van der Waals surface area (Å²) >= 11 is 7.31. The number of halogens is 1. The third-order valence-electron chi connectivity index (χ3n) is 4.62. The summed E-state index contributed by atoms with van der Waals surface area (Å²) in [5, 5.41) is 14.7. The van der Waals surface area contributed by atoms with Gasteiger partial charge in [0, 0.05) is 10.6 Å². The van der Waals surface area contributed by atoms with Crippen LogP contribution in [-0.2, 0) is 4.79 Å². The number of benzene rings is 3. The van der Waals surface area contributed by atoms with Crippen LogP contribution in [0, 0.1) is 0 Å². The molecule has 0 radical (unpaired) electrons. The summed E-state index contributed by atoms with van der Waals surface area (Å²) in [6, 6.07) is 16.1. The molecule has 0 unspecified atom stereocenters. The molecule has 0 aliphatic carbocycles. The van der Waals surface area contributed by atoms with E-state index < -0.39 is 5.97 Å². The van der Waals surface area contributed by atoms with E-state index in [2.05, 4.69) is 10.6 Å². The van der Waals surface area contributed by atoms with Crippen molar-refractivity contribution in [3.05, 3.63) is 76.8 Å². The maximum absolute atomic E-state index is 12.8. The Bertz CT molecular complexity index is 1190. The molecule has 0 bridgehead atoms. The zero-order valence-electron chi connectivity index (χ0n) is 18.3. The number of carbonyl (C=O) groups is 3. The van der Waals surface area contributed by atoms with E-state index >= 15 is 0 Å². The minimum absolute atomic E-state index is 0.0238. The molecule has 3 N–H and O–H groups in total. The van der Waals surface area contributed by atoms with E-state index in [-0.39, 0.29) is 39.4 Å². The van der Waals surface area contributed by atoms with Gasteiger partial charge in [0.05, 0.1) is 36.2 Å². The number of thioether (sulfide) groups is 1. The highest BCUT2D eigenvalue weighted by atomic mass is 35.5. The van der Waals surface area contributed by atoms with Crippen molar-refractivity contribution in [1.82, 2.24) is 0 Å². The fourth-order valence-electron chi connectivity index (χ4n) is 2.99. The average Bonchev–Trinajstić information content (AvgIpc) is 2.84. The molecule has 0 saturated heterocycles. The highest BCUT2D eigenvalue weighted by Crippen LogP contribution is 2.30. The number of hydrogen-bond acceptors (Lipinski definition) is 6. The van der Waals surface area contributed by atoms with Crippen LogP contribution in [-0.4, -0.2) is 42.9 Å². The molecule has 0 aromatic heterocycles. The van der Waals surface area contributed by atoms with Gasteiger partial charge in [0.15, 0.2) is 0 Å². The van der Waals surface area contributed by atoms with Crippen molar-refractivity contribution >= 4 is 52.5 Å². The first kappa shape index (κ1) is 24.9. The molecule has 176 valence electrons. The number of hydrogen-bond donors (Lipinski definition) is 3. The van der Waals surface area contributed by atoms with Gasteiger partial charge in [0.2, 0.25) is 5.91 Å². The summed E-state index contributed by atoms with van der Waals surface area (Å²) in [6.07, 6.45) is 0. The highest BCUT2D eigenvalue weighted by molar-refractivity contribution is 8.00. The number of amides is 2. The van der Waals surface area contributed by atoms with Crippen molar-refractivity contribution in [2.75, 3.05) is 30.6 Å².